The number of nitrogens with one attached hydrogen (secondary N) is 1. The average molecular weight is 420 g/mol. The number of halogens is 3. The highest BCUT2D eigenvalue weighted by molar-refractivity contribution is 5.94. The molecule has 1 saturated heterocycles. The third kappa shape index (κ3) is 3.30. The molecule has 0 atom stereocenters. The normalized spacial score (nSPS) is 33.0. The molecule has 4 aliphatic carbocycles. The molecule has 5 fully saturated rings. The molecule has 1 aliphatic heterocycles. The van der Waals surface area contributed by atoms with Crippen LogP contribution in [0.25, 0.3) is 0 Å². The number of hydrogen-bond donors (Lipinski definition) is 1. The van der Waals surface area contributed by atoms with Gasteiger partial charge in [0.1, 0.15) is 0 Å². The van der Waals surface area contributed by atoms with Gasteiger partial charge in [-0.1, -0.05) is 0 Å². The van der Waals surface area contributed by atoms with Crippen LogP contribution in [0.15, 0.2) is 12.1 Å². The van der Waals surface area contributed by atoms with E-state index in [4.69, 9.17) is 0 Å². The van der Waals surface area contributed by atoms with E-state index in [1.165, 1.54) is 24.2 Å². The van der Waals surface area contributed by atoms with Crippen molar-refractivity contribution in [2.45, 2.75) is 57.4 Å². The lowest BCUT2D eigenvalue weighted by atomic mass is 9.49. The fourth-order valence-electron chi connectivity index (χ4n) is 6.82. The van der Waals surface area contributed by atoms with E-state index >= 15 is 0 Å². The molecule has 0 unspecified atom stereocenters. The van der Waals surface area contributed by atoms with Crippen LogP contribution < -0.4 is 5.32 Å². The number of rotatable bonds is 3. The van der Waals surface area contributed by atoms with Gasteiger partial charge in [-0.2, -0.15) is 0 Å². The largest absolute Gasteiger partial charge is 0.353 e. The highest BCUT2D eigenvalue weighted by Crippen LogP contribution is 2.60. The first kappa shape index (κ1) is 19.9. The van der Waals surface area contributed by atoms with Crippen LogP contribution in [-0.4, -0.2) is 35.8 Å². The first-order valence-corrected chi connectivity index (χ1v) is 11.1. The van der Waals surface area contributed by atoms with Gasteiger partial charge in [0.05, 0.1) is 5.56 Å². The molecule has 0 aromatic heterocycles. The van der Waals surface area contributed by atoms with Gasteiger partial charge in [0.2, 0.25) is 5.91 Å². The molecule has 4 bridgehead atoms. The molecule has 7 heteroatoms. The predicted octanol–water partition coefficient (Wildman–Crippen LogP) is 4.04. The maximum atomic E-state index is 14.0. The predicted molar refractivity (Wildman–Crippen MR) is 104 cm³/mol. The van der Waals surface area contributed by atoms with E-state index in [0.717, 1.165) is 31.4 Å². The Morgan fingerprint density at radius 3 is 2.03 bits per heavy atom. The molecule has 2 amide bonds. The lowest BCUT2D eigenvalue weighted by Crippen LogP contribution is -2.56. The average Bonchev–Trinajstić information content (AvgIpc) is 2.71. The van der Waals surface area contributed by atoms with Gasteiger partial charge < -0.3 is 10.2 Å². The van der Waals surface area contributed by atoms with Crippen molar-refractivity contribution in [3.63, 3.8) is 0 Å². The van der Waals surface area contributed by atoms with Gasteiger partial charge in [0.15, 0.2) is 17.5 Å². The molecule has 1 aromatic rings. The fraction of sp³-hybridized carbons (Fsp3) is 0.652. The Morgan fingerprint density at radius 1 is 0.900 bits per heavy atom. The molecule has 1 aromatic carbocycles. The number of likely N-dealkylation sites (tertiary alicyclic amines) is 1. The Kier molecular flexibility index (Phi) is 4.82. The summed E-state index contributed by atoms with van der Waals surface area (Å²) < 4.78 is 40.5. The number of hydrogen-bond acceptors (Lipinski definition) is 2. The Balaban J connectivity index is 1.19. The third-order valence-electron chi connectivity index (χ3n) is 7.90. The van der Waals surface area contributed by atoms with Crippen molar-refractivity contribution in [3.05, 3.63) is 35.1 Å². The second-order valence-corrected chi connectivity index (χ2v) is 9.96. The Hall–Kier alpha value is -2.05. The fourth-order valence-corrected chi connectivity index (χ4v) is 6.82. The SMILES string of the molecule is O=C(c1ccc(F)c(F)c1F)N1CCC(NC(=O)C23CC4CC(CC(C4)C2)C3)CC1. The Bertz CT molecular complexity index is 844. The van der Waals surface area contributed by atoms with E-state index in [1.807, 2.05) is 0 Å². The molecule has 1 heterocycles. The summed E-state index contributed by atoms with van der Waals surface area (Å²) in [5.74, 6) is -2.74. The quantitative estimate of drug-likeness (QED) is 0.751. The number of piperidine rings is 1. The van der Waals surface area contributed by atoms with Gasteiger partial charge in [-0.05, 0) is 81.3 Å². The highest BCUT2D eigenvalue weighted by Gasteiger charge is 2.54. The first-order chi connectivity index (χ1) is 14.3. The molecule has 4 nitrogen and oxygen atoms in total. The first-order valence-electron chi connectivity index (χ1n) is 11.1. The number of carbonyl (C=O) groups excluding carboxylic acids is 2. The van der Waals surface area contributed by atoms with Crippen LogP contribution in [0.2, 0.25) is 0 Å². The van der Waals surface area contributed by atoms with Gasteiger partial charge in [-0.15, -0.1) is 0 Å². The van der Waals surface area contributed by atoms with Crippen molar-refractivity contribution in [1.29, 1.82) is 0 Å². The molecule has 0 radical (unpaired) electrons. The number of nitrogens with zero attached hydrogens (tertiary/aromatic N) is 1. The van der Waals surface area contributed by atoms with E-state index in [0.29, 0.717) is 43.7 Å². The second-order valence-electron chi connectivity index (χ2n) is 9.96. The minimum Gasteiger partial charge on any atom is -0.353 e. The van der Waals surface area contributed by atoms with Crippen LogP contribution in [0.5, 0.6) is 0 Å². The summed E-state index contributed by atoms with van der Waals surface area (Å²) in [4.78, 5) is 27.2. The van der Waals surface area contributed by atoms with Gasteiger partial charge in [0.25, 0.3) is 5.91 Å². The van der Waals surface area contributed by atoms with Crippen molar-refractivity contribution in [3.8, 4) is 0 Å². The van der Waals surface area contributed by atoms with E-state index in [1.54, 1.807) is 0 Å². The van der Waals surface area contributed by atoms with Crippen LogP contribution in [0, 0.1) is 40.6 Å². The molecule has 162 valence electrons. The molecule has 0 spiro atoms. The van der Waals surface area contributed by atoms with Crippen LogP contribution in [0.1, 0.15) is 61.7 Å². The summed E-state index contributed by atoms with van der Waals surface area (Å²) in [6, 6.07) is 1.74. The summed E-state index contributed by atoms with van der Waals surface area (Å²) in [5.41, 5.74) is -0.652. The van der Waals surface area contributed by atoms with Crippen molar-refractivity contribution < 1.29 is 22.8 Å². The molecule has 4 saturated carbocycles. The zero-order valence-electron chi connectivity index (χ0n) is 16.9. The van der Waals surface area contributed by atoms with Gasteiger partial charge in [-0.25, -0.2) is 13.2 Å². The van der Waals surface area contributed by atoms with Crippen LogP contribution in [-0.2, 0) is 4.79 Å². The summed E-state index contributed by atoms with van der Waals surface area (Å²) in [7, 11) is 0. The van der Waals surface area contributed by atoms with E-state index in [2.05, 4.69) is 5.32 Å². The topological polar surface area (TPSA) is 49.4 Å². The molecule has 30 heavy (non-hydrogen) atoms. The Morgan fingerprint density at radius 2 is 1.47 bits per heavy atom. The van der Waals surface area contributed by atoms with Crippen LogP contribution in [0.3, 0.4) is 0 Å². The molecule has 1 N–H and O–H groups in total. The molecular formula is C23H27F3N2O2. The second kappa shape index (κ2) is 7.27. The van der Waals surface area contributed by atoms with Gasteiger partial charge >= 0.3 is 0 Å². The highest BCUT2D eigenvalue weighted by atomic mass is 19.2. The summed E-state index contributed by atoms with van der Waals surface area (Å²) in [6.07, 6.45) is 8.05. The number of carbonyl (C=O) groups is 2. The molecular weight excluding hydrogens is 393 g/mol. The zero-order chi connectivity index (χ0) is 21.0. The summed E-state index contributed by atoms with van der Waals surface area (Å²) in [5, 5.41) is 3.24. The lowest BCUT2D eigenvalue weighted by Gasteiger charge is -2.56. The minimum absolute atomic E-state index is 0.00986. The third-order valence-corrected chi connectivity index (χ3v) is 7.90. The van der Waals surface area contributed by atoms with E-state index < -0.39 is 28.9 Å². The van der Waals surface area contributed by atoms with Crippen molar-refractivity contribution in [2.24, 2.45) is 23.2 Å². The zero-order valence-corrected chi connectivity index (χ0v) is 16.9. The number of amides is 2. The monoisotopic (exact) mass is 420 g/mol. The Labute approximate surface area is 174 Å². The van der Waals surface area contributed by atoms with Crippen molar-refractivity contribution in [1.82, 2.24) is 10.2 Å². The van der Waals surface area contributed by atoms with Crippen LogP contribution >= 0.6 is 0 Å². The molecule has 5 aliphatic rings. The minimum atomic E-state index is -1.63. The standard InChI is InChI=1S/C23H27F3N2O2/c24-18-2-1-17(19(25)20(18)26)21(29)28-5-3-16(4-6-28)27-22(30)23-10-13-7-14(11-23)9-15(8-13)12-23/h1-2,13-16H,3-12H2,(H,27,30). The number of benzene rings is 1. The maximum Gasteiger partial charge on any atom is 0.256 e. The summed E-state index contributed by atoms with van der Waals surface area (Å²) >= 11 is 0. The van der Waals surface area contributed by atoms with Gasteiger partial charge in [-0.3, -0.25) is 9.59 Å². The smallest absolute Gasteiger partial charge is 0.256 e. The van der Waals surface area contributed by atoms with E-state index in [-0.39, 0.29) is 17.4 Å². The molecule has 6 rings (SSSR count). The maximum absolute atomic E-state index is 14.0. The lowest BCUT2D eigenvalue weighted by molar-refractivity contribution is -0.147. The van der Waals surface area contributed by atoms with E-state index in [9.17, 15) is 22.8 Å². The van der Waals surface area contributed by atoms with Crippen LogP contribution in [0.4, 0.5) is 13.2 Å². The van der Waals surface area contributed by atoms with Crippen molar-refractivity contribution >= 4 is 11.8 Å². The summed E-state index contributed by atoms with van der Waals surface area (Å²) in [6.45, 7) is 0.701. The van der Waals surface area contributed by atoms with Gasteiger partial charge in [0, 0.05) is 24.5 Å². The van der Waals surface area contributed by atoms with Crippen molar-refractivity contribution in [2.75, 3.05) is 13.1 Å².